The lowest BCUT2D eigenvalue weighted by molar-refractivity contribution is 0.0941. The number of hydrogen-bond acceptors (Lipinski definition) is 2. The van der Waals surface area contributed by atoms with Gasteiger partial charge in [-0.25, -0.2) is 0 Å². The van der Waals surface area contributed by atoms with Gasteiger partial charge in [-0.1, -0.05) is 25.5 Å². The maximum Gasteiger partial charge on any atom is 0.163 e. The fraction of sp³-hybridized carbons (Fsp3) is 0.588. The molecule has 2 rings (SSSR count). The van der Waals surface area contributed by atoms with Gasteiger partial charge < -0.3 is 4.74 Å². The number of rotatable bonds is 3. The summed E-state index contributed by atoms with van der Waals surface area (Å²) in [5, 5.41) is 0. The first-order valence-corrected chi connectivity index (χ1v) is 7.24. The second-order valence-electron chi connectivity index (χ2n) is 6.21. The summed E-state index contributed by atoms with van der Waals surface area (Å²) < 4.78 is 6.12. The van der Waals surface area contributed by atoms with E-state index in [2.05, 4.69) is 13.8 Å². The third-order valence-electron chi connectivity index (χ3n) is 3.94. The summed E-state index contributed by atoms with van der Waals surface area (Å²) in [5.41, 5.74) is 1.81. The minimum Gasteiger partial charge on any atom is -0.490 e. The zero-order valence-corrected chi connectivity index (χ0v) is 12.4. The lowest BCUT2D eigenvalue weighted by atomic mass is 9.82. The van der Waals surface area contributed by atoms with Crippen LogP contribution in [0, 0.1) is 18.8 Å². The number of aryl methyl sites for hydroxylation is 1. The zero-order valence-electron chi connectivity index (χ0n) is 12.4. The van der Waals surface area contributed by atoms with Crippen LogP contribution in [0.15, 0.2) is 18.2 Å². The van der Waals surface area contributed by atoms with Crippen molar-refractivity contribution in [3.63, 3.8) is 0 Å². The van der Waals surface area contributed by atoms with Gasteiger partial charge in [-0.05, 0) is 57.1 Å². The van der Waals surface area contributed by atoms with Crippen LogP contribution in [0.3, 0.4) is 0 Å². The zero-order chi connectivity index (χ0) is 14.0. The van der Waals surface area contributed by atoms with Gasteiger partial charge in [-0.3, -0.25) is 4.79 Å². The van der Waals surface area contributed by atoms with Gasteiger partial charge in [0.05, 0.1) is 11.7 Å². The lowest BCUT2D eigenvalue weighted by Gasteiger charge is -2.32. The van der Waals surface area contributed by atoms with Gasteiger partial charge in [0.15, 0.2) is 5.78 Å². The Morgan fingerprint density at radius 2 is 1.79 bits per heavy atom. The Morgan fingerprint density at radius 1 is 1.16 bits per heavy atom. The van der Waals surface area contributed by atoms with Crippen LogP contribution in [0.2, 0.25) is 0 Å². The van der Waals surface area contributed by atoms with E-state index in [1.54, 1.807) is 6.92 Å². The van der Waals surface area contributed by atoms with Crippen molar-refractivity contribution in [1.29, 1.82) is 0 Å². The Morgan fingerprint density at radius 3 is 2.37 bits per heavy atom. The Balaban J connectivity index is 2.16. The van der Waals surface area contributed by atoms with Crippen LogP contribution in [0.5, 0.6) is 5.75 Å². The molecule has 1 aromatic carbocycles. The first-order valence-electron chi connectivity index (χ1n) is 7.24. The summed E-state index contributed by atoms with van der Waals surface area (Å²) in [6, 6.07) is 5.88. The number of benzene rings is 1. The summed E-state index contributed by atoms with van der Waals surface area (Å²) in [6.07, 6.45) is 3.72. The Labute approximate surface area is 116 Å². The van der Waals surface area contributed by atoms with E-state index < -0.39 is 0 Å². The van der Waals surface area contributed by atoms with Crippen LogP contribution in [0.25, 0.3) is 0 Å². The molecule has 0 saturated heterocycles. The number of ketones is 1. The summed E-state index contributed by atoms with van der Waals surface area (Å²) in [4.78, 5) is 11.7. The van der Waals surface area contributed by atoms with Crippen LogP contribution in [-0.2, 0) is 0 Å². The molecule has 1 aliphatic carbocycles. The van der Waals surface area contributed by atoms with E-state index in [4.69, 9.17) is 4.74 Å². The smallest absolute Gasteiger partial charge is 0.163 e. The second kappa shape index (κ2) is 5.77. The summed E-state index contributed by atoms with van der Waals surface area (Å²) in [7, 11) is 0. The molecule has 104 valence electrons. The fourth-order valence-corrected chi connectivity index (χ4v) is 3.17. The van der Waals surface area contributed by atoms with Gasteiger partial charge in [-0.2, -0.15) is 0 Å². The molecule has 0 N–H and O–H groups in total. The Kier molecular flexibility index (Phi) is 4.28. The number of ether oxygens (including phenoxy) is 1. The third kappa shape index (κ3) is 3.59. The lowest BCUT2D eigenvalue weighted by Crippen LogP contribution is -2.29. The Hall–Kier alpha value is -1.31. The van der Waals surface area contributed by atoms with E-state index in [0.29, 0.717) is 17.4 Å². The van der Waals surface area contributed by atoms with Crippen molar-refractivity contribution in [2.75, 3.05) is 0 Å². The summed E-state index contributed by atoms with van der Waals surface area (Å²) in [6.45, 7) is 8.18. The van der Waals surface area contributed by atoms with Crippen molar-refractivity contribution in [2.45, 2.75) is 53.1 Å². The molecule has 0 aliphatic heterocycles. The maximum atomic E-state index is 11.7. The third-order valence-corrected chi connectivity index (χ3v) is 3.94. The van der Waals surface area contributed by atoms with Crippen LogP contribution >= 0.6 is 0 Å². The van der Waals surface area contributed by atoms with Crippen LogP contribution < -0.4 is 4.74 Å². The van der Waals surface area contributed by atoms with Crippen molar-refractivity contribution in [3.8, 4) is 5.75 Å². The fourth-order valence-electron chi connectivity index (χ4n) is 3.17. The van der Waals surface area contributed by atoms with Gasteiger partial charge in [-0.15, -0.1) is 0 Å². The number of hydrogen-bond donors (Lipinski definition) is 0. The van der Waals surface area contributed by atoms with E-state index in [1.165, 1.54) is 6.42 Å². The van der Waals surface area contributed by atoms with Gasteiger partial charge in [0.2, 0.25) is 0 Å². The van der Waals surface area contributed by atoms with Gasteiger partial charge >= 0.3 is 0 Å². The van der Waals surface area contributed by atoms with Crippen LogP contribution in [-0.4, -0.2) is 11.9 Å². The largest absolute Gasteiger partial charge is 0.490 e. The van der Waals surface area contributed by atoms with Crippen molar-refractivity contribution in [3.05, 3.63) is 29.3 Å². The molecule has 0 spiro atoms. The average molecular weight is 260 g/mol. The topological polar surface area (TPSA) is 26.3 Å². The van der Waals surface area contributed by atoms with E-state index in [9.17, 15) is 4.79 Å². The minimum atomic E-state index is 0.0793. The molecule has 0 aromatic heterocycles. The molecule has 0 heterocycles. The van der Waals surface area contributed by atoms with E-state index >= 15 is 0 Å². The molecule has 0 amide bonds. The molecule has 0 bridgehead atoms. The summed E-state index contributed by atoms with van der Waals surface area (Å²) in [5.74, 6) is 2.25. The standard InChI is InChI=1S/C17H24O2/c1-11-5-6-17(16(10-11)14(4)18)19-15-8-12(2)7-13(3)9-15/h5-6,10,12-13,15H,7-9H2,1-4H3. The molecule has 0 radical (unpaired) electrons. The molecule has 2 unspecified atom stereocenters. The quantitative estimate of drug-likeness (QED) is 0.753. The molecule has 2 heteroatoms. The molecule has 1 aliphatic rings. The monoisotopic (exact) mass is 260 g/mol. The van der Waals surface area contributed by atoms with Crippen LogP contribution in [0.4, 0.5) is 0 Å². The number of Topliss-reactive ketones (excluding diaryl/α,β-unsaturated/α-hetero) is 1. The van der Waals surface area contributed by atoms with Gasteiger partial charge in [0, 0.05) is 0 Å². The highest BCUT2D eigenvalue weighted by Crippen LogP contribution is 2.32. The predicted octanol–water partition coefficient (Wildman–Crippen LogP) is 4.40. The molecular formula is C17H24O2. The van der Waals surface area contributed by atoms with Gasteiger partial charge in [0.25, 0.3) is 0 Å². The molecule has 1 fully saturated rings. The van der Waals surface area contributed by atoms with Crippen LogP contribution in [0.1, 0.15) is 56.0 Å². The molecule has 19 heavy (non-hydrogen) atoms. The van der Waals surface area contributed by atoms with Crippen molar-refractivity contribution >= 4 is 5.78 Å². The van der Waals surface area contributed by atoms with Crippen molar-refractivity contribution in [2.24, 2.45) is 11.8 Å². The SMILES string of the molecule is CC(=O)c1cc(C)ccc1OC1CC(C)CC(C)C1. The number of carbonyl (C=O) groups is 1. The van der Waals surface area contributed by atoms with Gasteiger partial charge in [0.1, 0.15) is 5.75 Å². The Bertz CT molecular complexity index is 454. The number of carbonyl (C=O) groups excluding carboxylic acids is 1. The van der Waals surface area contributed by atoms with Crippen molar-refractivity contribution in [1.82, 2.24) is 0 Å². The first kappa shape index (κ1) is 14.1. The minimum absolute atomic E-state index is 0.0793. The maximum absolute atomic E-state index is 11.7. The molecular weight excluding hydrogens is 236 g/mol. The normalized spacial score (nSPS) is 27.1. The summed E-state index contributed by atoms with van der Waals surface area (Å²) >= 11 is 0. The average Bonchev–Trinajstić information content (AvgIpc) is 2.30. The molecule has 1 saturated carbocycles. The molecule has 2 atom stereocenters. The highest BCUT2D eigenvalue weighted by Gasteiger charge is 2.26. The highest BCUT2D eigenvalue weighted by atomic mass is 16.5. The molecule has 1 aromatic rings. The second-order valence-corrected chi connectivity index (χ2v) is 6.21. The van der Waals surface area contributed by atoms with E-state index in [-0.39, 0.29) is 11.9 Å². The molecule has 2 nitrogen and oxygen atoms in total. The van der Waals surface area contributed by atoms with Crippen molar-refractivity contribution < 1.29 is 9.53 Å². The predicted molar refractivity (Wildman–Crippen MR) is 77.8 cm³/mol. The highest BCUT2D eigenvalue weighted by molar-refractivity contribution is 5.97. The van der Waals surface area contributed by atoms with E-state index in [1.807, 2.05) is 25.1 Å². The first-order chi connectivity index (χ1) is 8.95. The van der Waals surface area contributed by atoms with E-state index in [0.717, 1.165) is 24.2 Å².